The number of carboxylic acids is 1. The van der Waals surface area contributed by atoms with Crippen molar-refractivity contribution in [3.8, 4) is 0 Å². The summed E-state index contributed by atoms with van der Waals surface area (Å²) >= 11 is 0.937. The van der Waals surface area contributed by atoms with E-state index in [0.29, 0.717) is 5.56 Å². The first kappa shape index (κ1) is 11.7. The van der Waals surface area contributed by atoms with Crippen molar-refractivity contribution in [2.24, 2.45) is 0 Å². The van der Waals surface area contributed by atoms with Gasteiger partial charge >= 0.3 is 5.97 Å². The number of carboxylic acid groups (broad SMARTS) is 1. The van der Waals surface area contributed by atoms with Gasteiger partial charge in [-0.2, -0.15) is 0 Å². The van der Waals surface area contributed by atoms with Gasteiger partial charge in [-0.25, -0.2) is 4.79 Å². The quantitative estimate of drug-likeness (QED) is 0.882. The molecule has 2 amide bonds. The number of hydrogen-bond donors (Lipinski definition) is 1. The SMILES string of the molecule is O=C(O)c1ccccc1CN1C(=O)CSC1=O. The highest BCUT2D eigenvalue weighted by atomic mass is 32.2. The lowest BCUT2D eigenvalue weighted by atomic mass is 10.1. The lowest BCUT2D eigenvalue weighted by molar-refractivity contribution is -0.125. The molecule has 0 bridgehead atoms. The molecule has 17 heavy (non-hydrogen) atoms. The lowest BCUT2D eigenvalue weighted by Crippen LogP contribution is -2.28. The van der Waals surface area contributed by atoms with Gasteiger partial charge in [0.05, 0.1) is 17.9 Å². The van der Waals surface area contributed by atoms with Crippen molar-refractivity contribution in [3.63, 3.8) is 0 Å². The Balaban J connectivity index is 2.27. The van der Waals surface area contributed by atoms with E-state index in [1.807, 2.05) is 0 Å². The lowest BCUT2D eigenvalue weighted by Gasteiger charge is -2.14. The molecule has 0 saturated carbocycles. The van der Waals surface area contributed by atoms with Crippen LogP contribution in [0.15, 0.2) is 24.3 Å². The van der Waals surface area contributed by atoms with Crippen molar-refractivity contribution in [2.75, 3.05) is 5.75 Å². The largest absolute Gasteiger partial charge is 0.478 e. The van der Waals surface area contributed by atoms with Gasteiger partial charge in [0.25, 0.3) is 5.24 Å². The van der Waals surface area contributed by atoms with Crippen LogP contribution in [0.25, 0.3) is 0 Å². The Labute approximate surface area is 101 Å². The maximum Gasteiger partial charge on any atom is 0.336 e. The van der Waals surface area contributed by atoms with Gasteiger partial charge in [0.1, 0.15) is 0 Å². The highest BCUT2D eigenvalue weighted by molar-refractivity contribution is 8.14. The molecular formula is C11H9NO4S. The minimum Gasteiger partial charge on any atom is -0.478 e. The van der Waals surface area contributed by atoms with E-state index in [4.69, 9.17) is 5.11 Å². The Morgan fingerprint density at radius 1 is 1.35 bits per heavy atom. The second-order valence-corrected chi connectivity index (χ2v) is 4.42. The molecule has 88 valence electrons. The van der Waals surface area contributed by atoms with E-state index in [0.717, 1.165) is 16.7 Å². The van der Waals surface area contributed by atoms with E-state index in [-0.39, 0.29) is 29.0 Å². The molecule has 1 aliphatic heterocycles. The van der Waals surface area contributed by atoms with Crippen molar-refractivity contribution < 1.29 is 19.5 Å². The summed E-state index contributed by atoms with van der Waals surface area (Å²) in [7, 11) is 0. The van der Waals surface area contributed by atoms with Gasteiger partial charge in [-0.15, -0.1) is 0 Å². The van der Waals surface area contributed by atoms with Gasteiger partial charge in [-0.05, 0) is 11.6 Å². The molecule has 0 atom stereocenters. The fourth-order valence-electron chi connectivity index (χ4n) is 1.57. The van der Waals surface area contributed by atoms with Crippen LogP contribution in [0, 0.1) is 0 Å². The maximum atomic E-state index is 11.4. The molecule has 1 aromatic rings. The van der Waals surface area contributed by atoms with Gasteiger partial charge in [0, 0.05) is 0 Å². The number of carbonyl (C=O) groups excluding carboxylic acids is 2. The summed E-state index contributed by atoms with van der Waals surface area (Å²) in [6, 6.07) is 6.35. The van der Waals surface area contributed by atoms with Gasteiger partial charge in [-0.3, -0.25) is 14.5 Å². The number of rotatable bonds is 3. The third kappa shape index (κ3) is 2.31. The second-order valence-electron chi connectivity index (χ2n) is 3.50. The molecule has 1 fully saturated rings. The summed E-state index contributed by atoms with van der Waals surface area (Å²) in [6.45, 7) is 0.0210. The van der Waals surface area contributed by atoms with E-state index < -0.39 is 5.97 Å². The van der Waals surface area contributed by atoms with Gasteiger partial charge in [0.2, 0.25) is 5.91 Å². The molecule has 0 radical (unpaired) electrons. The van der Waals surface area contributed by atoms with Crippen molar-refractivity contribution >= 4 is 28.9 Å². The highest BCUT2D eigenvalue weighted by Gasteiger charge is 2.30. The molecule has 1 heterocycles. The molecule has 1 aliphatic rings. The monoisotopic (exact) mass is 251 g/mol. The second kappa shape index (κ2) is 4.58. The first-order chi connectivity index (χ1) is 8.09. The molecular weight excluding hydrogens is 242 g/mol. The average molecular weight is 251 g/mol. The normalized spacial score (nSPS) is 15.4. The predicted octanol–water partition coefficient (Wildman–Crippen LogP) is 1.58. The topological polar surface area (TPSA) is 74.7 Å². The molecule has 0 spiro atoms. The van der Waals surface area contributed by atoms with E-state index >= 15 is 0 Å². The molecule has 1 aromatic carbocycles. The molecule has 0 aromatic heterocycles. The molecule has 0 unspecified atom stereocenters. The minimum absolute atomic E-state index is 0.0210. The maximum absolute atomic E-state index is 11.4. The summed E-state index contributed by atoms with van der Waals surface area (Å²) in [5.41, 5.74) is 0.578. The summed E-state index contributed by atoms with van der Waals surface area (Å²) in [4.78, 5) is 34.8. The number of thioether (sulfide) groups is 1. The summed E-state index contributed by atoms with van der Waals surface area (Å²) in [6.07, 6.45) is 0. The fraction of sp³-hybridized carbons (Fsp3) is 0.182. The van der Waals surface area contributed by atoms with Crippen molar-refractivity contribution in [1.29, 1.82) is 0 Å². The Morgan fingerprint density at radius 3 is 2.65 bits per heavy atom. The fourth-order valence-corrected chi connectivity index (χ4v) is 2.30. The van der Waals surface area contributed by atoms with Gasteiger partial charge in [0.15, 0.2) is 0 Å². The smallest absolute Gasteiger partial charge is 0.336 e. The Hall–Kier alpha value is -1.82. The van der Waals surface area contributed by atoms with Crippen LogP contribution in [0.2, 0.25) is 0 Å². The zero-order valence-electron chi connectivity index (χ0n) is 8.75. The van der Waals surface area contributed by atoms with Crippen LogP contribution in [0.1, 0.15) is 15.9 Å². The van der Waals surface area contributed by atoms with Crippen LogP contribution in [0.4, 0.5) is 4.79 Å². The van der Waals surface area contributed by atoms with Gasteiger partial charge in [-0.1, -0.05) is 30.0 Å². The average Bonchev–Trinajstić information content (AvgIpc) is 2.61. The Bertz CT molecular complexity index is 484. The molecule has 0 aliphatic carbocycles. The summed E-state index contributed by atoms with van der Waals surface area (Å²) in [5.74, 6) is -1.21. The van der Waals surface area contributed by atoms with Crippen LogP contribution < -0.4 is 0 Å². The predicted molar refractivity (Wildman–Crippen MR) is 61.8 cm³/mol. The van der Waals surface area contributed by atoms with E-state index in [1.165, 1.54) is 6.07 Å². The number of hydrogen-bond acceptors (Lipinski definition) is 4. The first-order valence-electron chi connectivity index (χ1n) is 4.88. The molecule has 5 nitrogen and oxygen atoms in total. The Kier molecular flexibility index (Phi) is 3.14. The van der Waals surface area contributed by atoms with E-state index in [9.17, 15) is 14.4 Å². The first-order valence-corrected chi connectivity index (χ1v) is 5.86. The number of nitrogens with zero attached hydrogens (tertiary/aromatic N) is 1. The minimum atomic E-state index is -1.06. The molecule has 1 N–H and O–H groups in total. The number of imide groups is 1. The van der Waals surface area contributed by atoms with Gasteiger partial charge < -0.3 is 5.11 Å². The summed E-state index contributed by atoms with van der Waals surface area (Å²) in [5, 5.41) is 8.65. The number of aromatic carboxylic acids is 1. The van der Waals surface area contributed by atoms with Crippen molar-refractivity contribution in [2.45, 2.75) is 6.54 Å². The zero-order chi connectivity index (χ0) is 12.4. The van der Waals surface area contributed by atoms with Crippen LogP contribution in [-0.4, -0.2) is 32.9 Å². The van der Waals surface area contributed by atoms with E-state index in [2.05, 4.69) is 0 Å². The van der Waals surface area contributed by atoms with Crippen LogP contribution >= 0.6 is 11.8 Å². The van der Waals surface area contributed by atoms with Crippen LogP contribution in [0.3, 0.4) is 0 Å². The third-order valence-electron chi connectivity index (χ3n) is 2.42. The third-order valence-corrected chi connectivity index (χ3v) is 3.28. The number of carbonyl (C=O) groups is 3. The molecule has 2 rings (SSSR count). The number of amides is 2. The Morgan fingerprint density at radius 2 is 2.06 bits per heavy atom. The molecule has 6 heteroatoms. The highest BCUT2D eigenvalue weighted by Crippen LogP contribution is 2.22. The van der Waals surface area contributed by atoms with Crippen molar-refractivity contribution in [3.05, 3.63) is 35.4 Å². The van der Waals surface area contributed by atoms with Crippen LogP contribution in [0.5, 0.6) is 0 Å². The zero-order valence-corrected chi connectivity index (χ0v) is 9.57. The van der Waals surface area contributed by atoms with Crippen molar-refractivity contribution in [1.82, 2.24) is 4.90 Å². The molecule has 1 saturated heterocycles. The standard InChI is InChI=1S/C11H9NO4S/c13-9-6-17-11(16)12(9)5-7-3-1-2-4-8(7)10(14)15/h1-4H,5-6H2,(H,14,15). The number of benzene rings is 1. The van der Waals surface area contributed by atoms with E-state index in [1.54, 1.807) is 18.2 Å². The summed E-state index contributed by atoms with van der Waals surface area (Å²) < 4.78 is 0. The van der Waals surface area contributed by atoms with Crippen LogP contribution in [-0.2, 0) is 11.3 Å².